The van der Waals surface area contributed by atoms with Gasteiger partial charge < -0.3 is 4.57 Å². The van der Waals surface area contributed by atoms with Crippen molar-refractivity contribution < 1.29 is 12.8 Å². The molecule has 0 amide bonds. The lowest BCUT2D eigenvalue weighted by atomic mass is 10.1. The highest BCUT2D eigenvalue weighted by molar-refractivity contribution is 7.90. The lowest BCUT2D eigenvalue weighted by Crippen LogP contribution is -2.37. The Labute approximate surface area is 168 Å². The Balaban J connectivity index is 1.55. The maximum Gasteiger partial charge on any atom is 0.214 e. The van der Waals surface area contributed by atoms with Crippen LogP contribution in [-0.2, 0) is 29.4 Å². The predicted octanol–water partition coefficient (Wildman–Crippen LogP) is 2.64. The fraction of sp³-hybridized carbons (Fsp3) is 0.333. The van der Waals surface area contributed by atoms with Crippen molar-refractivity contribution in [1.82, 2.24) is 14.3 Å². The molecule has 2 aromatic heterocycles. The van der Waals surface area contributed by atoms with Crippen LogP contribution in [0.4, 0.5) is 4.39 Å². The summed E-state index contributed by atoms with van der Waals surface area (Å²) >= 11 is 0. The molecule has 3 aromatic rings. The van der Waals surface area contributed by atoms with Crippen molar-refractivity contribution in [2.24, 2.45) is 0 Å². The Hall–Kier alpha value is -2.76. The molecule has 0 radical (unpaired) electrons. The first-order valence-corrected chi connectivity index (χ1v) is 11.2. The van der Waals surface area contributed by atoms with E-state index in [1.807, 2.05) is 12.1 Å². The average Bonchev–Trinajstić information content (AvgIpc) is 3.43. The van der Waals surface area contributed by atoms with Gasteiger partial charge in [0.15, 0.2) is 0 Å². The van der Waals surface area contributed by atoms with Gasteiger partial charge in [0.25, 0.3) is 0 Å². The van der Waals surface area contributed by atoms with Crippen molar-refractivity contribution in [3.8, 4) is 6.07 Å². The lowest BCUT2D eigenvalue weighted by molar-refractivity contribution is 0.550. The zero-order valence-corrected chi connectivity index (χ0v) is 16.4. The zero-order chi connectivity index (χ0) is 20.2. The van der Waals surface area contributed by atoms with Gasteiger partial charge in [0.1, 0.15) is 0 Å². The highest BCUT2D eigenvalue weighted by Crippen LogP contribution is 2.36. The highest BCUT2D eigenvalue weighted by Gasteiger charge is 2.39. The van der Waals surface area contributed by atoms with Crippen molar-refractivity contribution in [2.75, 3.05) is 0 Å². The van der Waals surface area contributed by atoms with Gasteiger partial charge in [0.2, 0.25) is 16.0 Å². The third-order valence-corrected chi connectivity index (χ3v) is 7.70. The second-order valence-corrected chi connectivity index (χ2v) is 9.77. The van der Waals surface area contributed by atoms with Gasteiger partial charge in [0, 0.05) is 29.1 Å². The fourth-order valence-corrected chi connectivity index (χ4v) is 5.81. The summed E-state index contributed by atoms with van der Waals surface area (Å²) in [6, 6.07) is 12.2. The van der Waals surface area contributed by atoms with Gasteiger partial charge in [0.05, 0.1) is 29.1 Å². The largest absolute Gasteiger partial charge is 0.338 e. The van der Waals surface area contributed by atoms with Crippen LogP contribution in [-0.4, -0.2) is 29.3 Å². The molecule has 2 heterocycles. The Morgan fingerprint density at radius 3 is 2.79 bits per heavy atom. The van der Waals surface area contributed by atoms with E-state index in [2.05, 4.69) is 20.3 Å². The molecular weight excluding hydrogens is 391 g/mol. The molecule has 29 heavy (non-hydrogen) atoms. The summed E-state index contributed by atoms with van der Waals surface area (Å²) in [5.74, 6) is -0.530. The summed E-state index contributed by atoms with van der Waals surface area (Å²) in [4.78, 5) is 3.97. The number of nitrogens with one attached hydrogen (secondary N) is 1. The number of rotatable bonds is 5. The second kappa shape index (κ2) is 6.65. The molecule has 0 saturated heterocycles. The van der Waals surface area contributed by atoms with Crippen molar-refractivity contribution in [2.45, 2.75) is 43.5 Å². The molecule has 2 aliphatic rings. The lowest BCUT2D eigenvalue weighted by Gasteiger charge is -2.15. The number of nitriles is 1. The van der Waals surface area contributed by atoms with Crippen LogP contribution in [0.25, 0.3) is 10.9 Å². The third kappa shape index (κ3) is 3.30. The minimum absolute atomic E-state index is 0.201. The van der Waals surface area contributed by atoms with Gasteiger partial charge in [-0.1, -0.05) is 6.07 Å². The maximum atomic E-state index is 13.6. The van der Waals surface area contributed by atoms with Crippen LogP contribution >= 0.6 is 0 Å². The summed E-state index contributed by atoms with van der Waals surface area (Å²) < 4.78 is 43.3. The number of fused-ring (bicyclic) bond motifs is 3. The van der Waals surface area contributed by atoms with Gasteiger partial charge in [-0.25, -0.2) is 18.1 Å². The molecule has 8 heteroatoms. The number of nitrogens with zero attached hydrogens (tertiary/aromatic N) is 3. The van der Waals surface area contributed by atoms with E-state index >= 15 is 0 Å². The Kier molecular flexibility index (Phi) is 4.19. The summed E-state index contributed by atoms with van der Waals surface area (Å²) in [5.41, 5.74) is 4.17. The van der Waals surface area contributed by atoms with E-state index in [0.29, 0.717) is 30.6 Å². The third-order valence-electron chi connectivity index (χ3n) is 5.69. The first-order chi connectivity index (χ1) is 13.9. The Morgan fingerprint density at radius 1 is 1.24 bits per heavy atom. The molecule has 1 N–H and O–H groups in total. The molecule has 5 rings (SSSR count). The molecule has 1 aromatic carbocycles. The fourth-order valence-electron chi connectivity index (χ4n) is 4.23. The van der Waals surface area contributed by atoms with Crippen LogP contribution in [0.2, 0.25) is 0 Å². The topological polar surface area (TPSA) is 87.8 Å². The van der Waals surface area contributed by atoms with Gasteiger partial charge >= 0.3 is 0 Å². The van der Waals surface area contributed by atoms with Crippen LogP contribution in [0.3, 0.4) is 0 Å². The summed E-state index contributed by atoms with van der Waals surface area (Å²) in [6.45, 7) is 0.386. The van der Waals surface area contributed by atoms with Crippen LogP contribution in [0, 0.1) is 17.3 Å². The number of hydrogen-bond acceptors (Lipinski definition) is 4. The molecular formula is C21H19FN4O2S. The van der Waals surface area contributed by atoms with E-state index in [1.165, 1.54) is 6.07 Å². The molecule has 0 spiro atoms. The van der Waals surface area contributed by atoms with E-state index in [0.717, 1.165) is 35.0 Å². The van der Waals surface area contributed by atoms with Crippen LogP contribution in [0.15, 0.2) is 36.4 Å². The smallest absolute Gasteiger partial charge is 0.214 e. The maximum absolute atomic E-state index is 13.6. The molecule has 2 aliphatic carbocycles. The van der Waals surface area contributed by atoms with E-state index in [4.69, 9.17) is 0 Å². The zero-order valence-electron chi connectivity index (χ0n) is 15.6. The number of halogens is 1. The monoisotopic (exact) mass is 410 g/mol. The Bertz CT molecular complexity index is 1270. The van der Waals surface area contributed by atoms with Crippen LogP contribution in [0.5, 0.6) is 0 Å². The molecule has 0 bridgehead atoms. The number of aromatic nitrogens is 2. The van der Waals surface area contributed by atoms with Crippen LogP contribution in [0.1, 0.15) is 35.4 Å². The van der Waals surface area contributed by atoms with E-state index in [9.17, 15) is 18.1 Å². The molecule has 1 atom stereocenters. The molecule has 6 nitrogen and oxygen atoms in total. The van der Waals surface area contributed by atoms with E-state index < -0.39 is 16.0 Å². The molecule has 0 unspecified atom stereocenters. The second-order valence-electron chi connectivity index (χ2n) is 7.77. The molecule has 148 valence electrons. The predicted molar refractivity (Wildman–Crippen MR) is 106 cm³/mol. The van der Waals surface area contributed by atoms with E-state index in [-0.39, 0.29) is 11.3 Å². The summed E-state index contributed by atoms with van der Waals surface area (Å²) in [6.07, 6.45) is 2.59. The van der Waals surface area contributed by atoms with Crippen LogP contribution < -0.4 is 4.72 Å². The number of benzene rings is 1. The molecule has 0 aliphatic heterocycles. The van der Waals surface area contributed by atoms with Crippen molar-refractivity contribution in [3.63, 3.8) is 0 Å². The minimum Gasteiger partial charge on any atom is -0.338 e. The average molecular weight is 410 g/mol. The number of hydrogen-bond donors (Lipinski definition) is 1. The first-order valence-electron chi connectivity index (χ1n) is 9.61. The summed E-state index contributed by atoms with van der Waals surface area (Å²) in [5, 5.41) is 9.98. The minimum atomic E-state index is -3.28. The van der Waals surface area contributed by atoms with Gasteiger partial charge in [-0.2, -0.15) is 9.65 Å². The molecule has 1 saturated carbocycles. The van der Waals surface area contributed by atoms with Crippen molar-refractivity contribution in [1.29, 1.82) is 5.26 Å². The van der Waals surface area contributed by atoms with Gasteiger partial charge in [-0.05, 0) is 55.2 Å². The van der Waals surface area contributed by atoms with Crippen molar-refractivity contribution in [3.05, 3.63) is 64.9 Å². The van der Waals surface area contributed by atoms with Crippen molar-refractivity contribution >= 4 is 20.9 Å². The number of pyridine rings is 1. The number of sulfonamides is 1. The standard InChI is InChI=1S/C21H19FN4O2S/c22-21-3-1-2-14(24-21)12-26-19-7-4-13(11-23)8-17(19)18-9-15(10-20(18)26)25-29(27,28)16-5-6-16/h1-4,7-8,15-16,25H,5-6,9-10,12H2/t15-/m1/s1. The van der Waals surface area contributed by atoms with E-state index in [1.54, 1.807) is 18.2 Å². The van der Waals surface area contributed by atoms with Gasteiger partial charge in [-0.3, -0.25) is 0 Å². The Morgan fingerprint density at radius 2 is 2.07 bits per heavy atom. The summed E-state index contributed by atoms with van der Waals surface area (Å²) in [7, 11) is -3.28. The highest BCUT2D eigenvalue weighted by atomic mass is 32.2. The molecule has 1 fully saturated rings. The normalized spacial score (nSPS) is 18.7. The SMILES string of the molecule is N#Cc1ccc2c(c1)c1c(n2Cc2cccc(F)n2)C[C@H](NS(=O)(=O)C2CC2)C1. The van der Waals surface area contributed by atoms with Gasteiger partial charge in [-0.15, -0.1) is 0 Å². The first kappa shape index (κ1) is 18.3. The quantitative estimate of drug-likeness (QED) is 0.655.